The van der Waals surface area contributed by atoms with Crippen LogP contribution >= 0.6 is 39.7 Å². The number of amides is 1. The van der Waals surface area contributed by atoms with Crippen molar-refractivity contribution in [2.24, 2.45) is 0 Å². The molecule has 2 atom stereocenters. The number of nitrogens with zero attached hydrogens (tertiary/aromatic N) is 3. The minimum Gasteiger partial charge on any atom is -0.494 e. The molecular weight excluding hydrogens is 620 g/mol. The fourth-order valence-corrected chi connectivity index (χ4v) is 6.95. The number of carbonyl (C=O) groups excluding carboxylic acids is 1. The highest BCUT2D eigenvalue weighted by Crippen LogP contribution is 2.45. The number of aromatic nitrogens is 1. The van der Waals surface area contributed by atoms with Crippen LogP contribution in [0.1, 0.15) is 43.1 Å². The number of hydrogen-bond donors (Lipinski definition) is 1. The van der Waals surface area contributed by atoms with Gasteiger partial charge in [0, 0.05) is 39.1 Å². The minimum atomic E-state index is -0.412. The van der Waals surface area contributed by atoms with Crippen LogP contribution in [0.5, 0.6) is 5.75 Å². The third kappa shape index (κ3) is 5.27. The Balaban J connectivity index is 1.34. The van der Waals surface area contributed by atoms with Crippen LogP contribution in [-0.2, 0) is 11.2 Å². The normalized spacial score (nSPS) is 18.4. The number of rotatable bonds is 9. The maximum Gasteiger partial charge on any atom is 0.256 e. The molecule has 2 aliphatic heterocycles. The van der Waals surface area contributed by atoms with E-state index in [1.54, 1.807) is 17.0 Å². The third-order valence-corrected chi connectivity index (χ3v) is 9.30. The largest absolute Gasteiger partial charge is 0.494 e. The predicted octanol–water partition coefficient (Wildman–Crippen LogP) is 7.34. The van der Waals surface area contributed by atoms with Crippen LogP contribution in [-0.4, -0.2) is 58.1 Å². The maximum atomic E-state index is 14.0. The van der Waals surface area contributed by atoms with Crippen molar-refractivity contribution in [3.8, 4) is 5.75 Å². The molecule has 212 valence electrons. The fourth-order valence-electron chi connectivity index (χ4n) is 6.03. The molecule has 2 unspecified atom stereocenters. The van der Waals surface area contributed by atoms with Crippen molar-refractivity contribution in [1.82, 2.24) is 14.8 Å². The van der Waals surface area contributed by atoms with Gasteiger partial charge in [-0.3, -0.25) is 9.69 Å². The number of halogens is 2. The average molecular weight is 652 g/mol. The molecule has 1 amide bonds. The van der Waals surface area contributed by atoms with Gasteiger partial charge in [0.2, 0.25) is 0 Å². The van der Waals surface area contributed by atoms with Crippen LogP contribution in [0.25, 0.3) is 10.9 Å². The zero-order chi connectivity index (χ0) is 28.7. The summed E-state index contributed by atoms with van der Waals surface area (Å²) < 4.78 is 7.08. The van der Waals surface area contributed by atoms with Crippen molar-refractivity contribution < 1.29 is 9.53 Å². The van der Waals surface area contributed by atoms with E-state index in [0.29, 0.717) is 23.2 Å². The van der Waals surface area contributed by atoms with Gasteiger partial charge in [0.25, 0.3) is 5.91 Å². The second-order valence-corrected chi connectivity index (χ2v) is 12.2. The number of thiocarbonyl (C=S) groups is 1. The second kappa shape index (κ2) is 11.8. The summed E-state index contributed by atoms with van der Waals surface area (Å²) in [5, 5.41) is 2.23. The molecule has 1 aromatic heterocycles. The molecule has 0 aliphatic carbocycles. The summed E-state index contributed by atoms with van der Waals surface area (Å²) >= 11 is 15.8. The first kappa shape index (κ1) is 28.2. The summed E-state index contributed by atoms with van der Waals surface area (Å²) in [6.07, 6.45) is 1.55. The van der Waals surface area contributed by atoms with Gasteiger partial charge in [0.15, 0.2) is 5.11 Å². The van der Waals surface area contributed by atoms with E-state index >= 15 is 0 Å². The highest BCUT2D eigenvalue weighted by Gasteiger charge is 2.51. The molecule has 3 heterocycles. The molecule has 1 saturated heterocycles. The summed E-state index contributed by atoms with van der Waals surface area (Å²) in [6.45, 7) is 8.17. The van der Waals surface area contributed by atoms with Gasteiger partial charge in [-0.2, -0.15) is 0 Å². The van der Waals surface area contributed by atoms with Crippen LogP contribution in [0, 0.1) is 0 Å². The van der Waals surface area contributed by atoms with E-state index in [4.69, 9.17) is 28.6 Å². The summed E-state index contributed by atoms with van der Waals surface area (Å²) in [4.78, 5) is 23.8. The number of H-pyrrole nitrogens is 1. The van der Waals surface area contributed by atoms with E-state index in [1.165, 1.54) is 0 Å². The monoisotopic (exact) mass is 650 g/mol. The number of benzene rings is 3. The molecule has 0 saturated carbocycles. The van der Waals surface area contributed by atoms with Crippen LogP contribution in [0.4, 0.5) is 5.69 Å². The lowest BCUT2D eigenvalue weighted by atomic mass is 9.89. The Kier molecular flexibility index (Phi) is 8.10. The van der Waals surface area contributed by atoms with Crippen LogP contribution in [0.15, 0.2) is 71.2 Å². The summed E-state index contributed by atoms with van der Waals surface area (Å²) in [6, 6.07) is 21.1. The molecule has 0 bridgehead atoms. The first-order valence-electron chi connectivity index (χ1n) is 14.1. The number of nitrogens with one attached hydrogen (secondary N) is 1. The second-order valence-electron chi connectivity index (χ2n) is 10.5. The van der Waals surface area contributed by atoms with Crippen LogP contribution < -0.4 is 9.64 Å². The lowest BCUT2D eigenvalue weighted by molar-refractivity contribution is -0.120. The standard InChI is InChI=1S/C32H32BrClN4O2S/c1-3-36(4-2)16-5-17-40-24-13-6-20(7-14-24)30-29-26(25-18-21(33)8-15-27(25)35-29)19-28-31(39)37(32(41)38(28)30)23-11-9-22(34)10-12-23/h6-15,18,28,30,35H,3-5,16-17,19H2,1-2H3. The lowest BCUT2D eigenvalue weighted by Gasteiger charge is -2.37. The predicted molar refractivity (Wildman–Crippen MR) is 173 cm³/mol. The first-order valence-corrected chi connectivity index (χ1v) is 15.6. The van der Waals surface area contributed by atoms with Crippen molar-refractivity contribution in [3.05, 3.63) is 93.0 Å². The summed E-state index contributed by atoms with van der Waals surface area (Å²) in [5.74, 6) is 0.815. The molecule has 0 spiro atoms. The molecule has 41 heavy (non-hydrogen) atoms. The Labute approximate surface area is 259 Å². The van der Waals surface area contributed by atoms with Crippen molar-refractivity contribution in [2.45, 2.75) is 38.8 Å². The number of fused-ring (bicyclic) bond motifs is 4. The van der Waals surface area contributed by atoms with Crippen molar-refractivity contribution in [1.29, 1.82) is 0 Å². The van der Waals surface area contributed by atoms with Gasteiger partial charge in [0.05, 0.1) is 18.3 Å². The van der Waals surface area contributed by atoms with Gasteiger partial charge in [-0.25, -0.2) is 0 Å². The van der Waals surface area contributed by atoms with Crippen molar-refractivity contribution >= 4 is 67.4 Å². The van der Waals surface area contributed by atoms with Crippen LogP contribution in [0.3, 0.4) is 0 Å². The van der Waals surface area contributed by atoms with Gasteiger partial charge in [-0.15, -0.1) is 0 Å². The zero-order valence-corrected chi connectivity index (χ0v) is 26.2. The maximum absolute atomic E-state index is 14.0. The molecule has 1 fully saturated rings. The molecule has 9 heteroatoms. The molecule has 4 aromatic rings. The van der Waals surface area contributed by atoms with E-state index in [0.717, 1.165) is 69.7 Å². The number of ether oxygens (including phenoxy) is 1. The van der Waals surface area contributed by atoms with Crippen LogP contribution in [0.2, 0.25) is 5.02 Å². The zero-order valence-electron chi connectivity index (χ0n) is 23.1. The Morgan fingerprint density at radius 3 is 2.51 bits per heavy atom. The van der Waals surface area contributed by atoms with Gasteiger partial charge in [0.1, 0.15) is 11.8 Å². The number of hydrogen-bond acceptors (Lipinski definition) is 4. The minimum absolute atomic E-state index is 0.0227. The quantitative estimate of drug-likeness (QED) is 0.152. The van der Waals surface area contributed by atoms with Gasteiger partial charge in [-0.1, -0.05) is 53.5 Å². The number of anilines is 1. The van der Waals surface area contributed by atoms with Gasteiger partial charge >= 0.3 is 0 Å². The van der Waals surface area contributed by atoms with Gasteiger partial charge in [-0.05, 0) is 97.5 Å². The van der Waals surface area contributed by atoms with Crippen molar-refractivity contribution in [3.63, 3.8) is 0 Å². The molecule has 0 radical (unpaired) electrons. The molecule has 6 rings (SSSR count). The van der Waals surface area contributed by atoms with Gasteiger partial charge < -0.3 is 19.5 Å². The smallest absolute Gasteiger partial charge is 0.256 e. The highest BCUT2D eigenvalue weighted by atomic mass is 79.9. The topological polar surface area (TPSA) is 51.8 Å². The van der Waals surface area contributed by atoms with E-state index in [9.17, 15) is 4.79 Å². The first-order chi connectivity index (χ1) is 19.9. The third-order valence-electron chi connectivity index (χ3n) is 8.17. The average Bonchev–Trinajstić information content (AvgIpc) is 3.46. The van der Waals surface area contributed by atoms with E-state index < -0.39 is 6.04 Å². The Bertz CT molecular complexity index is 1590. The highest BCUT2D eigenvalue weighted by molar-refractivity contribution is 9.10. The molecule has 1 N–H and O–H groups in total. The lowest BCUT2D eigenvalue weighted by Crippen LogP contribution is -2.44. The molecule has 3 aromatic carbocycles. The Hall–Kier alpha value is -2.91. The van der Waals surface area contributed by atoms with Crippen molar-refractivity contribution in [2.75, 3.05) is 31.1 Å². The van der Waals surface area contributed by atoms with E-state index in [1.807, 2.05) is 30.3 Å². The fraction of sp³-hybridized carbons (Fsp3) is 0.312. The number of carbonyl (C=O) groups is 1. The Morgan fingerprint density at radius 1 is 1.07 bits per heavy atom. The number of aromatic amines is 1. The molecule has 2 aliphatic rings. The molecular formula is C32H32BrClN4O2S. The van der Waals surface area contributed by atoms with E-state index in [2.05, 4.69) is 68.8 Å². The Morgan fingerprint density at radius 2 is 1.80 bits per heavy atom. The summed E-state index contributed by atoms with van der Waals surface area (Å²) in [7, 11) is 0. The SMILES string of the molecule is CCN(CC)CCCOc1ccc(C2c3[nH]c4ccc(Br)cc4c3CC3C(=O)N(c4ccc(Cl)cc4)C(=S)N32)cc1. The molecule has 6 nitrogen and oxygen atoms in total. The summed E-state index contributed by atoms with van der Waals surface area (Å²) in [5.41, 5.74) is 5.03. The van der Waals surface area contributed by atoms with E-state index in [-0.39, 0.29) is 11.9 Å².